The molecule has 36 heavy (non-hydrogen) atoms. The number of amides is 1. The standard InChI is InChI=1S/C25H16F2N4O3S2/c26-17-7-5-14(6-8-17)20-19(21(32)15-9-11-28-12-10-15)22(33)23(34)31(20)24-29-30-25(36-24)35-13-16-3-1-2-4-18(16)27/h1-12,20,32H,13H2. The Morgan fingerprint density at radius 3 is 2.44 bits per heavy atom. The van der Waals surface area contributed by atoms with Crippen LogP contribution in [0.2, 0.25) is 0 Å². The zero-order valence-electron chi connectivity index (χ0n) is 18.3. The number of Topliss-reactive ketones (excluding diaryl/α,β-unsaturated/α-hetero) is 1. The Bertz CT molecular complexity index is 1480. The van der Waals surface area contributed by atoms with Gasteiger partial charge in [0, 0.05) is 23.7 Å². The van der Waals surface area contributed by atoms with Crippen LogP contribution in [0, 0.1) is 11.6 Å². The molecule has 0 bridgehead atoms. The molecular weight excluding hydrogens is 506 g/mol. The Hall–Kier alpha value is -3.96. The number of ketones is 1. The lowest BCUT2D eigenvalue weighted by Crippen LogP contribution is -2.29. The fourth-order valence-corrected chi connectivity index (χ4v) is 5.62. The number of halogens is 2. The second-order valence-electron chi connectivity index (χ2n) is 7.69. The third kappa shape index (κ3) is 4.50. The van der Waals surface area contributed by atoms with Crippen molar-refractivity contribution < 1.29 is 23.5 Å². The number of thioether (sulfide) groups is 1. The van der Waals surface area contributed by atoms with Crippen LogP contribution >= 0.6 is 23.1 Å². The van der Waals surface area contributed by atoms with Crippen LogP contribution in [0.1, 0.15) is 22.7 Å². The predicted molar refractivity (Wildman–Crippen MR) is 131 cm³/mol. The van der Waals surface area contributed by atoms with Gasteiger partial charge in [-0.25, -0.2) is 8.78 Å². The number of aliphatic hydroxyl groups is 1. The van der Waals surface area contributed by atoms with Crippen LogP contribution in [0.4, 0.5) is 13.9 Å². The number of carbonyl (C=O) groups is 2. The van der Waals surface area contributed by atoms with Crippen molar-refractivity contribution in [1.29, 1.82) is 0 Å². The lowest BCUT2D eigenvalue weighted by atomic mass is 9.95. The molecule has 1 atom stereocenters. The predicted octanol–water partition coefficient (Wildman–Crippen LogP) is 5.13. The maximum atomic E-state index is 14.0. The van der Waals surface area contributed by atoms with E-state index in [2.05, 4.69) is 15.2 Å². The summed E-state index contributed by atoms with van der Waals surface area (Å²) in [5.41, 5.74) is 1.03. The third-order valence-electron chi connectivity index (χ3n) is 5.49. The highest BCUT2D eigenvalue weighted by Crippen LogP contribution is 2.44. The van der Waals surface area contributed by atoms with Crippen molar-refractivity contribution in [3.05, 3.63) is 107 Å². The summed E-state index contributed by atoms with van der Waals surface area (Å²) in [5, 5.41) is 19.3. The van der Waals surface area contributed by atoms with Gasteiger partial charge in [0.05, 0.1) is 11.6 Å². The summed E-state index contributed by atoms with van der Waals surface area (Å²) in [6.07, 6.45) is 2.89. The monoisotopic (exact) mass is 522 g/mol. The van der Waals surface area contributed by atoms with E-state index >= 15 is 0 Å². The third-order valence-corrected chi connectivity index (χ3v) is 7.60. The molecular formula is C25H16F2N4O3S2. The molecule has 11 heteroatoms. The van der Waals surface area contributed by atoms with Gasteiger partial charge in [0.1, 0.15) is 17.4 Å². The molecule has 2 aromatic carbocycles. The average Bonchev–Trinajstić information content (AvgIpc) is 3.46. The Morgan fingerprint density at radius 1 is 1.00 bits per heavy atom. The second-order valence-corrected chi connectivity index (χ2v) is 9.87. The summed E-state index contributed by atoms with van der Waals surface area (Å²) in [6.45, 7) is 0. The number of rotatable bonds is 6. The molecule has 0 radical (unpaired) electrons. The number of benzene rings is 2. The van der Waals surface area contributed by atoms with E-state index < -0.39 is 23.5 Å². The molecule has 180 valence electrons. The van der Waals surface area contributed by atoms with Gasteiger partial charge >= 0.3 is 5.91 Å². The number of anilines is 1. The van der Waals surface area contributed by atoms with Crippen molar-refractivity contribution in [1.82, 2.24) is 15.2 Å². The number of aromatic nitrogens is 3. The Labute approximate surface area is 212 Å². The van der Waals surface area contributed by atoms with Gasteiger partial charge in [-0.3, -0.25) is 19.5 Å². The first-order valence-electron chi connectivity index (χ1n) is 10.6. The van der Waals surface area contributed by atoms with Crippen molar-refractivity contribution >= 4 is 45.7 Å². The minimum Gasteiger partial charge on any atom is -0.507 e. The minimum atomic E-state index is -1.06. The highest BCUT2D eigenvalue weighted by Gasteiger charge is 2.48. The van der Waals surface area contributed by atoms with Crippen LogP contribution in [0.5, 0.6) is 0 Å². The van der Waals surface area contributed by atoms with Gasteiger partial charge in [-0.05, 0) is 41.5 Å². The fourth-order valence-electron chi connectivity index (χ4n) is 3.77. The van der Waals surface area contributed by atoms with Gasteiger partial charge in [-0.1, -0.05) is 53.4 Å². The first kappa shape index (κ1) is 23.8. The van der Waals surface area contributed by atoms with Crippen molar-refractivity contribution in [2.75, 3.05) is 4.90 Å². The van der Waals surface area contributed by atoms with E-state index in [1.54, 1.807) is 18.2 Å². The molecule has 2 aromatic heterocycles. The summed E-state index contributed by atoms with van der Waals surface area (Å²) in [7, 11) is 0. The van der Waals surface area contributed by atoms with Crippen molar-refractivity contribution in [3.8, 4) is 0 Å². The lowest BCUT2D eigenvalue weighted by Gasteiger charge is -2.22. The van der Waals surface area contributed by atoms with Gasteiger partial charge in [-0.15, -0.1) is 10.2 Å². The van der Waals surface area contributed by atoms with Crippen LogP contribution in [-0.2, 0) is 15.3 Å². The summed E-state index contributed by atoms with van der Waals surface area (Å²) in [4.78, 5) is 31.3. The van der Waals surface area contributed by atoms with Crippen LogP contribution in [0.25, 0.3) is 5.76 Å². The molecule has 1 N–H and O–H groups in total. The highest BCUT2D eigenvalue weighted by molar-refractivity contribution is 8.00. The van der Waals surface area contributed by atoms with E-state index in [-0.39, 0.29) is 22.3 Å². The first-order valence-corrected chi connectivity index (χ1v) is 12.4. The van der Waals surface area contributed by atoms with Gasteiger partial charge in [-0.2, -0.15) is 0 Å². The van der Waals surface area contributed by atoms with Gasteiger partial charge in [0.15, 0.2) is 4.34 Å². The Kier molecular flexibility index (Phi) is 6.57. The highest BCUT2D eigenvalue weighted by atomic mass is 32.2. The number of hydrogen-bond acceptors (Lipinski definition) is 8. The Balaban J connectivity index is 1.54. The maximum absolute atomic E-state index is 14.0. The summed E-state index contributed by atoms with van der Waals surface area (Å²) >= 11 is 2.29. The summed E-state index contributed by atoms with van der Waals surface area (Å²) in [5.74, 6) is -2.73. The molecule has 5 rings (SSSR count). The molecule has 0 aliphatic carbocycles. The molecule has 1 aliphatic rings. The van der Waals surface area contributed by atoms with Crippen molar-refractivity contribution in [2.45, 2.75) is 16.1 Å². The van der Waals surface area contributed by atoms with Crippen LogP contribution in [0.15, 0.2) is 83.0 Å². The van der Waals surface area contributed by atoms with E-state index in [1.807, 2.05) is 0 Å². The van der Waals surface area contributed by atoms with Crippen LogP contribution in [0.3, 0.4) is 0 Å². The number of carbonyl (C=O) groups excluding carboxylic acids is 2. The smallest absolute Gasteiger partial charge is 0.301 e. The zero-order valence-corrected chi connectivity index (χ0v) is 20.0. The van der Waals surface area contributed by atoms with Crippen molar-refractivity contribution in [3.63, 3.8) is 0 Å². The van der Waals surface area contributed by atoms with E-state index in [9.17, 15) is 23.5 Å². The van der Waals surface area contributed by atoms with Crippen LogP contribution in [-0.4, -0.2) is 32.0 Å². The molecule has 0 spiro atoms. The quantitative estimate of drug-likeness (QED) is 0.123. The largest absolute Gasteiger partial charge is 0.507 e. The number of pyridine rings is 1. The molecule has 4 aromatic rings. The molecule has 1 amide bonds. The van der Waals surface area contributed by atoms with Gasteiger partial charge in [0.2, 0.25) is 5.13 Å². The molecule has 1 unspecified atom stereocenters. The van der Waals surface area contributed by atoms with E-state index in [0.717, 1.165) is 16.2 Å². The number of aliphatic hydroxyl groups excluding tert-OH is 1. The van der Waals surface area contributed by atoms with E-state index in [0.29, 0.717) is 26.8 Å². The molecule has 7 nitrogen and oxygen atoms in total. The molecule has 1 saturated heterocycles. The average molecular weight is 523 g/mol. The first-order chi connectivity index (χ1) is 17.4. The SMILES string of the molecule is O=C1C(=O)N(c2nnc(SCc3ccccc3F)s2)C(c2ccc(F)cc2)C1=C(O)c1ccncc1. The zero-order chi connectivity index (χ0) is 25.2. The molecule has 3 heterocycles. The summed E-state index contributed by atoms with van der Waals surface area (Å²) < 4.78 is 28.1. The maximum Gasteiger partial charge on any atom is 0.301 e. The lowest BCUT2D eigenvalue weighted by molar-refractivity contribution is -0.132. The molecule has 1 aliphatic heterocycles. The van der Waals surface area contributed by atoms with Crippen LogP contribution < -0.4 is 4.90 Å². The Morgan fingerprint density at radius 2 is 1.72 bits per heavy atom. The number of nitrogens with zero attached hydrogens (tertiary/aromatic N) is 4. The van der Waals surface area contributed by atoms with Crippen molar-refractivity contribution in [2.24, 2.45) is 0 Å². The molecule has 1 fully saturated rings. The van der Waals surface area contributed by atoms with E-state index in [4.69, 9.17) is 0 Å². The van der Waals surface area contributed by atoms with Gasteiger partial charge in [0.25, 0.3) is 5.78 Å². The topological polar surface area (TPSA) is 96.3 Å². The summed E-state index contributed by atoms with van der Waals surface area (Å²) in [6, 6.07) is 13.6. The normalized spacial score (nSPS) is 17.1. The fraction of sp³-hybridized carbons (Fsp3) is 0.0800. The second kappa shape index (κ2) is 9.96. The molecule has 0 saturated carbocycles. The van der Waals surface area contributed by atoms with E-state index in [1.165, 1.54) is 66.6 Å². The van der Waals surface area contributed by atoms with Gasteiger partial charge < -0.3 is 5.11 Å². The number of hydrogen-bond donors (Lipinski definition) is 1. The minimum absolute atomic E-state index is 0.122.